The standard InChI is InChI=1S/C19H19N3O/c1-14-8-10-16(11-9-14)19(23)21-17(15-6-4-3-5-7-15)18-20-12-13-22(18)2/h3-13,17H,1-2H3,(H,21,23). The van der Waals surface area contributed by atoms with Crippen molar-refractivity contribution in [1.29, 1.82) is 0 Å². The number of nitrogens with one attached hydrogen (secondary N) is 1. The van der Waals surface area contributed by atoms with Crippen LogP contribution in [0.2, 0.25) is 0 Å². The van der Waals surface area contributed by atoms with E-state index in [1.807, 2.05) is 79.3 Å². The second-order valence-corrected chi connectivity index (χ2v) is 5.58. The van der Waals surface area contributed by atoms with Crippen molar-refractivity contribution in [2.75, 3.05) is 0 Å². The fraction of sp³-hybridized carbons (Fsp3) is 0.158. The second-order valence-electron chi connectivity index (χ2n) is 5.58. The Balaban J connectivity index is 1.92. The number of rotatable bonds is 4. The maximum absolute atomic E-state index is 12.6. The van der Waals surface area contributed by atoms with E-state index in [1.165, 1.54) is 0 Å². The molecule has 3 rings (SSSR count). The Bertz CT molecular complexity index is 791. The van der Waals surface area contributed by atoms with Gasteiger partial charge in [-0.15, -0.1) is 0 Å². The first kappa shape index (κ1) is 15.0. The zero-order chi connectivity index (χ0) is 16.2. The topological polar surface area (TPSA) is 46.9 Å². The Morgan fingerprint density at radius 1 is 1.09 bits per heavy atom. The van der Waals surface area contributed by atoms with E-state index < -0.39 is 0 Å². The van der Waals surface area contributed by atoms with Crippen LogP contribution in [0.25, 0.3) is 0 Å². The SMILES string of the molecule is Cc1ccc(C(=O)NC(c2ccccc2)c2nccn2C)cc1. The number of imidazole rings is 1. The van der Waals surface area contributed by atoms with Crippen molar-refractivity contribution in [3.63, 3.8) is 0 Å². The summed E-state index contributed by atoms with van der Waals surface area (Å²) in [6.07, 6.45) is 3.62. The summed E-state index contributed by atoms with van der Waals surface area (Å²) in [4.78, 5) is 17.0. The monoisotopic (exact) mass is 305 g/mol. The van der Waals surface area contributed by atoms with E-state index in [-0.39, 0.29) is 11.9 Å². The lowest BCUT2D eigenvalue weighted by molar-refractivity contribution is 0.0941. The first-order valence-corrected chi connectivity index (χ1v) is 7.55. The predicted octanol–water partition coefficient (Wildman–Crippen LogP) is 3.25. The maximum atomic E-state index is 12.6. The van der Waals surface area contributed by atoms with Gasteiger partial charge in [0.25, 0.3) is 5.91 Å². The molecule has 1 atom stereocenters. The number of benzene rings is 2. The fourth-order valence-corrected chi connectivity index (χ4v) is 2.52. The molecule has 0 bridgehead atoms. The van der Waals surface area contributed by atoms with Gasteiger partial charge in [0.1, 0.15) is 11.9 Å². The van der Waals surface area contributed by atoms with E-state index in [2.05, 4.69) is 10.3 Å². The number of amides is 1. The van der Waals surface area contributed by atoms with E-state index in [0.29, 0.717) is 5.56 Å². The summed E-state index contributed by atoms with van der Waals surface area (Å²) in [7, 11) is 1.93. The molecule has 0 fully saturated rings. The molecule has 2 aromatic carbocycles. The molecule has 0 saturated heterocycles. The van der Waals surface area contributed by atoms with E-state index in [0.717, 1.165) is 17.0 Å². The van der Waals surface area contributed by atoms with Crippen molar-refractivity contribution in [3.8, 4) is 0 Å². The summed E-state index contributed by atoms with van der Waals surface area (Å²) in [6.45, 7) is 2.00. The first-order chi connectivity index (χ1) is 11.1. The van der Waals surface area contributed by atoms with E-state index in [4.69, 9.17) is 0 Å². The van der Waals surface area contributed by atoms with Crippen molar-refractivity contribution in [3.05, 3.63) is 89.5 Å². The number of hydrogen-bond donors (Lipinski definition) is 1. The molecule has 4 nitrogen and oxygen atoms in total. The minimum Gasteiger partial charge on any atom is -0.338 e. The van der Waals surface area contributed by atoms with Crippen LogP contribution in [-0.4, -0.2) is 15.5 Å². The van der Waals surface area contributed by atoms with Crippen LogP contribution in [0, 0.1) is 6.92 Å². The molecule has 1 aromatic heterocycles. The average molecular weight is 305 g/mol. The molecule has 0 aliphatic rings. The zero-order valence-corrected chi connectivity index (χ0v) is 13.2. The highest BCUT2D eigenvalue weighted by atomic mass is 16.1. The predicted molar refractivity (Wildman–Crippen MR) is 90.1 cm³/mol. The highest BCUT2D eigenvalue weighted by Gasteiger charge is 2.21. The molecule has 0 aliphatic heterocycles. The average Bonchev–Trinajstić information content (AvgIpc) is 2.99. The number of carbonyl (C=O) groups is 1. The van der Waals surface area contributed by atoms with Gasteiger partial charge in [0, 0.05) is 25.0 Å². The molecule has 1 unspecified atom stereocenters. The van der Waals surface area contributed by atoms with Gasteiger partial charge in [0.15, 0.2) is 0 Å². The molecule has 1 amide bonds. The summed E-state index contributed by atoms with van der Waals surface area (Å²) in [5.74, 6) is 0.693. The second kappa shape index (κ2) is 6.48. The Hall–Kier alpha value is -2.88. The first-order valence-electron chi connectivity index (χ1n) is 7.55. The van der Waals surface area contributed by atoms with Gasteiger partial charge < -0.3 is 9.88 Å². The van der Waals surface area contributed by atoms with Gasteiger partial charge in [-0.2, -0.15) is 0 Å². The molecule has 0 radical (unpaired) electrons. The van der Waals surface area contributed by atoms with Crippen LogP contribution >= 0.6 is 0 Å². The fourth-order valence-electron chi connectivity index (χ4n) is 2.52. The maximum Gasteiger partial charge on any atom is 0.252 e. The van der Waals surface area contributed by atoms with Crippen molar-refractivity contribution < 1.29 is 4.79 Å². The third-order valence-electron chi connectivity index (χ3n) is 3.84. The lowest BCUT2D eigenvalue weighted by Gasteiger charge is -2.19. The molecule has 1 heterocycles. The molecular weight excluding hydrogens is 286 g/mol. The van der Waals surface area contributed by atoms with E-state index in [9.17, 15) is 4.79 Å². The number of hydrogen-bond acceptors (Lipinski definition) is 2. The summed E-state index contributed by atoms with van der Waals surface area (Å²) < 4.78 is 1.92. The lowest BCUT2D eigenvalue weighted by Crippen LogP contribution is -2.31. The highest BCUT2D eigenvalue weighted by Crippen LogP contribution is 2.20. The molecular formula is C19H19N3O. The third kappa shape index (κ3) is 3.31. The van der Waals surface area contributed by atoms with Crippen molar-refractivity contribution in [1.82, 2.24) is 14.9 Å². The molecule has 1 N–H and O–H groups in total. The number of nitrogens with zero attached hydrogens (tertiary/aromatic N) is 2. The van der Waals surface area contributed by atoms with E-state index in [1.54, 1.807) is 6.20 Å². The van der Waals surface area contributed by atoms with Crippen LogP contribution in [0.3, 0.4) is 0 Å². The van der Waals surface area contributed by atoms with Crippen molar-refractivity contribution in [2.24, 2.45) is 7.05 Å². The zero-order valence-electron chi connectivity index (χ0n) is 13.2. The minimum absolute atomic E-state index is 0.109. The Kier molecular flexibility index (Phi) is 4.24. The number of aromatic nitrogens is 2. The number of aryl methyl sites for hydroxylation is 2. The van der Waals surface area contributed by atoms with Gasteiger partial charge in [-0.3, -0.25) is 4.79 Å². The normalized spacial score (nSPS) is 11.9. The highest BCUT2D eigenvalue weighted by molar-refractivity contribution is 5.94. The summed E-state index contributed by atoms with van der Waals surface area (Å²) >= 11 is 0. The van der Waals surface area contributed by atoms with Gasteiger partial charge in [-0.25, -0.2) is 4.98 Å². The van der Waals surface area contributed by atoms with Gasteiger partial charge in [0.2, 0.25) is 0 Å². The quantitative estimate of drug-likeness (QED) is 0.804. The van der Waals surface area contributed by atoms with Gasteiger partial charge in [-0.1, -0.05) is 48.0 Å². The van der Waals surface area contributed by atoms with Crippen molar-refractivity contribution >= 4 is 5.91 Å². The van der Waals surface area contributed by atoms with Crippen LogP contribution in [0.4, 0.5) is 0 Å². The Morgan fingerprint density at radius 2 is 1.78 bits per heavy atom. The van der Waals surface area contributed by atoms with Crippen LogP contribution in [-0.2, 0) is 7.05 Å². The summed E-state index contributed by atoms with van der Waals surface area (Å²) in [5.41, 5.74) is 2.78. The van der Waals surface area contributed by atoms with E-state index >= 15 is 0 Å². The Morgan fingerprint density at radius 3 is 2.39 bits per heavy atom. The van der Waals surface area contributed by atoms with Gasteiger partial charge >= 0.3 is 0 Å². The summed E-state index contributed by atoms with van der Waals surface area (Å²) in [5, 5.41) is 3.09. The number of carbonyl (C=O) groups excluding carboxylic acids is 1. The third-order valence-corrected chi connectivity index (χ3v) is 3.84. The molecule has 3 aromatic rings. The minimum atomic E-state index is -0.287. The lowest BCUT2D eigenvalue weighted by atomic mass is 10.1. The van der Waals surface area contributed by atoms with Gasteiger partial charge in [-0.05, 0) is 24.6 Å². The largest absolute Gasteiger partial charge is 0.338 e. The van der Waals surface area contributed by atoms with Crippen LogP contribution in [0.15, 0.2) is 67.0 Å². The van der Waals surface area contributed by atoms with Crippen LogP contribution < -0.4 is 5.32 Å². The molecule has 116 valence electrons. The molecule has 23 heavy (non-hydrogen) atoms. The van der Waals surface area contributed by atoms with Crippen molar-refractivity contribution in [2.45, 2.75) is 13.0 Å². The summed E-state index contributed by atoms with van der Waals surface area (Å²) in [6, 6.07) is 17.1. The molecule has 0 spiro atoms. The smallest absolute Gasteiger partial charge is 0.252 e. The Labute approximate surface area is 135 Å². The van der Waals surface area contributed by atoms with Crippen LogP contribution in [0.5, 0.6) is 0 Å². The molecule has 0 aliphatic carbocycles. The molecule has 0 saturated carbocycles. The van der Waals surface area contributed by atoms with Crippen LogP contribution in [0.1, 0.15) is 33.4 Å². The molecule has 4 heteroatoms. The van der Waals surface area contributed by atoms with Gasteiger partial charge in [0.05, 0.1) is 0 Å².